The van der Waals surface area contributed by atoms with Crippen LogP contribution < -0.4 is 15.6 Å². The zero-order chi connectivity index (χ0) is 24.4. The van der Waals surface area contributed by atoms with Crippen LogP contribution in [0.2, 0.25) is 5.02 Å². The normalized spacial score (nSPS) is 10.9. The van der Waals surface area contributed by atoms with E-state index >= 15 is 0 Å². The van der Waals surface area contributed by atoms with Crippen LogP contribution in [-0.2, 0) is 11.3 Å². The number of carbonyl (C=O) groups is 1. The lowest BCUT2D eigenvalue weighted by Gasteiger charge is -2.11. The number of benzene rings is 3. The molecule has 0 bridgehead atoms. The smallest absolute Gasteiger partial charge is 0.263 e. The molecular formula is C27H20ClN3O3S. The molecule has 0 aliphatic heterocycles. The molecule has 0 fully saturated rings. The van der Waals surface area contributed by atoms with Gasteiger partial charge in [0.1, 0.15) is 17.1 Å². The molecule has 1 amide bonds. The summed E-state index contributed by atoms with van der Waals surface area (Å²) in [7, 11) is 1.51. The van der Waals surface area contributed by atoms with E-state index in [1.165, 1.54) is 29.3 Å². The molecule has 8 heteroatoms. The van der Waals surface area contributed by atoms with Gasteiger partial charge < -0.3 is 10.1 Å². The molecule has 0 unspecified atom stereocenters. The Morgan fingerprint density at radius 1 is 1.03 bits per heavy atom. The van der Waals surface area contributed by atoms with Crippen molar-refractivity contribution < 1.29 is 9.53 Å². The molecule has 5 rings (SSSR count). The van der Waals surface area contributed by atoms with Crippen molar-refractivity contribution in [1.82, 2.24) is 9.55 Å². The third-order valence-corrected chi connectivity index (χ3v) is 6.73. The molecule has 0 atom stereocenters. The van der Waals surface area contributed by atoms with Crippen molar-refractivity contribution in [2.45, 2.75) is 6.54 Å². The first kappa shape index (κ1) is 22.8. The van der Waals surface area contributed by atoms with Gasteiger partial charge >= 0.3 is 0 Å². The van der Waals surface area contributed by atoms with E-state index in [-0.39, 0.29) is 12.1 Å². The molecule has 3 aromatic carbocycles. The standard InChI is InChI=1S/C27H20ClN3O3S/c1-34-23-12-11-20(28)13-22(23)30-24(32)14-31-16-29-26-25(27(31)33)21(15-35-26)19-9-7-18(8-10-19)17-5-3-2-4-6-17/h2-13,15-16H,14H2,1H3,(H,30,32). The van der Waals surface area contributed by atoms with Gasteiger partial charge in [0.15, 0.2) is 0 Å². The number of aromatic nitrogens is 2. The van der Waals surface area contributed by atoms with Gasteiger partial charge in [0, 0.05) is 16.0 Å². The molecule has 0 spiro atoms. The minimum atomic E-state index is -0.391. The lowest BCUT2D eigenvalue weighted by molar-refractivity contribution is -0.116. The molecule has 5 aromatic rings. The molecule has 2 aromatic heterocycles. The van der Waals surface area contributed by atoms with Gasteiger partial charge in [-0.3, -0.25) is 14.2 Å². The maximum atomic E-state index is 13.3. The van der Waals surface area contributed by atoms with Crippen molar-refractivity contribution in [3.05, 3.63) is 99.9 Å². The number of ether oxygens (including phenoxy) is 1. The summed E-state index contributed by atoms with van der Waals surface area (Å²) in [6, 6.07) is 23.1. The van der Waals surface area contributed by atoms with Crippen LogP contribution in [-0.4, -0.2) is 22.6 Å². The van der Waals surface area contributed by atoms with Crippen LogP contribution in [0, 0.1) is 0 Å². The van der Waals surface area contributed by atoms with Crippen molar-refractivity contribution in [1.29, 1.82) is 0 Å². The van der Waals surface area contributed by atoms with Gasteiger partial charge in [-0.05, 0) is 34.9 Å². The molecule has 0 aliphatic rings. The average Bonchev–Trinajstić information content (AvgIpc) is 3.31. The first-order valence-electron chi connectivity index (χ1n) is 10.8. The Balaban J connectivity index is 1.43. The number of hydrogen-bond acceptors (Lipinski definition) is 5. The monoisotopic (exact) mass is 501 g/mol. The Hall–Kier alpha value is -3.94. The second-order valence-corrected chi connectivity index (χ2v) is 9.14. The Bertz CT molecular complexity index is 1580. The minimum absolute atomic E-state index is 0.195. The molecule has 0 saturated carbocycles. The number of nitrogens with zero attached hydrogens (tertiary/aromatic N) is 2. The predicted molar refractivity (Wildman–Crippen MR) is 141 cm³/mol. The number of nitrogens with one attached hydrogen (secondary N) is 1. The number of halogens is 1. The first-order chi connectivity index (χ1) is 17.0. The summed E-state index contributed by atoms with van der Waals surface area (Å²) in [5.74, 6) is 0.0838. The fourth-order valence-electron chi connectivity index (χ4n) is 3.89. The third-order valence-electron chi connectivity index (χ3n) is 5.61. The summed E-state index contributed by atoms with van der Waals surface area (Å²) >= 11 is 7.45. The second-order valence-electron chi connectivity index (χ2n) is 7.84. The quantitative estimate of drug-likeness (QED) is 0.305. The van der Waals surface area contributed by atoms with E-state index in [2.05, 4.69) is 22.4 Å². The van der Waals surface area contributed by atoms with Crippen LogP contribution in [0.25, 0.3) is 32.5 Å². The predicted octanol–water partition coefficient (Wildman–Crippen LogP) is 6.09. The number of hydrogen-bond donors (Lipinski definition) is 1. The van der Waals surface area contributed by atoms with Gasteiger partial charge in [0.25, 0.3) is 5.56 Å². The van der Waals surface area contributed by atoms with Crippen molar-refractivity contribution >= 4 is 44.7 Å². The Kier molecular flexibility index (Phi) is 6.35. The van der Waals surface area contributed by atoms with Crippen LogP contribution >= 0.6 is 22.9 Å². The summed E-state index contributed by atoms with van der Waals surface area (Å²) in [6.45, 7) is -0.195. The fraction of sp³-hybridized carbons (Fsp3) is 0.0741. The number of carbonyl (C=O) groups excluding carboxylic acids is 1. The van der Waals surface area contributed by atoms with Crippen LogP contribution in [0.5, 0.6) is 5.75 Å². The topological polar surface area (TPSA) is 73.2 Å². The van der Waals surface area contributed by atoms with Gasteiger partial charge in [-0.25, -0.2) is 4.98 Å². The number of fused-ring (bicyclic) bond motifs is 1. The highest BCUT2D eigenvalue weighted by Gasteiger charge is 2.16. The SMILES string of the molecule is COc1ccc(Cl)cc1NC(=O)Cn1cnc2scc(-c3ccc(-c4ccccc4)cc3)c2c1=O. The van der Waals surface area contributed by atoms with Crippen molar-refractivity contribution in [3.63, 3.8) is 0 Å². The molecule has 0 saturated heterocycles. The Labute approximate surface area is 210 Å². The van der Waals surface area contributed by atoms with E-state index in [1.807, 2.05) is 47.8 Å². The summed E-state index contributed by atoms with van der Waals surface area (Å²) < 4.78 is 6.58. The van der Waals surface area contributed by atoms with Gasteiger partial charge in [0.05, 0.1) is 24.5 Å². The third kappa shape index (κ3) is 4.69. The highest BCUT2D eigenvalue weighted by atomic mass is 35.5. The number of rotatable bonds is 6. The van der Waals surface area contributed by atoms with E-state index in [0.717, 1.165) is 22.3 Å². The summed E-state index contributed by atoms with van der Waals surface area (Å²) in [4.78, 5) is 31.1. The van der Waals surface area contributed by atoms with Gasteiger partial charge in [-0.1, -0.05) is 66.2 Å². The maximum Gasteiger partial charge on any atom is 0.263 e. The highest BCUT2D eigenvalue weighted by Crippen LogP contribution is 2.32. The Morgan fingerprint density at radius 3 is 2.49 bits per heavy atom. The van der Waals surface area contributed by atoms with Crippen molar-refractivity contribution in [3.8, 4) is 28.0 Å². The van der Waals surface area contributed by atoms with Crippen molar-refractivity contribution in [2.24, 2.45) is 0 Å². The zero-order valence-electron chi connectivity index (χ0n) is 18.7. The van der Waals surface area contributed by atoms with Crippen LogP contribution in [0.3, 0.4) is 0 Å². The molecule has 1 N–H and O–H groups in total. The van der Waals surface area contributed by atoms with Crippen LogP contribution in [0.4, 0.5) is 5.69 Å². The van der Waals surface area contributed by atoms with Gasteiger partial charge in [0.2, 0.25) is 5.91 Å². The number of thiophene rings is 1. The molecule has 0 radical (unpaired) electrons. The Morgan fingerprint density at radius 2 is 1.74 bits per heavy atom. The molecule has 35 heavy (non-hydrogen) atoms. The maximum absolute atomic E-state index is 13.3. The number of anilines is 1. The van der Waals surface area contributed by atoms with Gasteiger partial charge in [-0.15, -0.1) is 11.3 Å². The van der Waals surface area contributed by atoms with E-state index in [1.54, 1.807) is 18.2 Å². The fourth-order valence-corrected chi connectivity index (χ4v) is 4.97. The minimum Gasteiger partial charge on any atom is -0.495 e. The summed E-state index contributed by atoms with van der Waals surface area (Å²) in [5.41, 5.74) is 4.10. The molecular weight excluding hydrogens is 482 g/mol. The second kappa shape index (κ2) is 9.74. The largest absolute Gasteiger partial charge is 0.495 e. The van der Waals surface area contributed by atoms with E-state index in [9.17, 15) is 9.59 Å². The summed E-state index contributed by atoms with van der Waals surface area (Å²) in [5, 5.41) is 5.64. The lowest BCUT2D eigenvalue weighted by atomic mass is 10.0. The van der Waals surface area contributed by atoms with Crippen LogP contribution in [0.15, 0.2) is 89.3 Å². The van der Waals surface area contributed by atoms with E-state index in [4.69, 9.17) is 16.3 Å². The molecule has 0 aliphatic carbocycles. The summed E-state index contributed by atoms with van der Waals surface area (Å²) in [6.07, 6.45) is 1.40. The highest BCUT2D eigenvalue weighted by molar-refractivity contribution is 7.17. The van der Waals surface area contributed by atoms with E-state index < -0.39 is 5.91 Å². The average molecular weight is 502 g/mol. The zero-order valence-corrected chi connectivity index (χ0v) is 20.3. The number of amides is 1. The number of methoxy groups -OCH3 is 1. The lowest BCUT2D eigenvalue weighted by Crippen LogP contribution is -2.28. The van der Waals surface area contributed by atoms with Crippen LogP contribution in [0.1, 0.15) is 0 Å². The first-order valence-corrected chi connectivity index (χ1v) is 12.0. The molecule has 2 heterocycles. The molecule has 174 valence electrons. The van der Waals surface area contributed by atoms with E-state index in [0.29, 0.717) is 26.7 Å². The van der Waals surface area contributed by atoms with Gasteiger partial charge in [-0.2, -0.15) is 0 Å². The van der Waals surface area contributed by atoms with Crippen molar-refractivity contribution in [2.75, 3.05) is 12.4 Å². The molecule has 6 nitrogen and oxygen atoms in total.